The number of carbonyl (C=O) groups excluding carboxylic acids is 4. The molecule has 6 heteroatoms. The van der Waals surface area contributed by atoms with E-state index in [-0.39, 0.29) is 23.6 Å². The highest BCUT2D eigenvalue weighted by Gasteiger charge is 2.39. The maximum atomic E-state index is 13.6. The van der Waals surface area contributed by atoms with Crippen molar-refractivity contribution < 1.29 is 19.2 Å². The average molecular weight is 715 g/mol. The van der Waals surface area contributed by atoms with E-state index in [1.54, 1.807) is 24.3 Å². The summed E-state index contributed by atoms with van der Waals surface area (Å²) in [6, 6.07) is 6.76. The first-order valence-electron chi connectivity index (χ1n) is 21.8. The number of benzene rings is 2. The van der Waals surface area contributed by atoms with Gasteiger partial charge >= 0.3 is 0 Å². The van der Waals surface area contributed by atoms with Gasteiger partial charge in [0.25, 0.3) is 23.6 Å². The summed E-state index contributed by atoms with van der Waals surface area (Å²) in [6.45, 7) is 5.31. The monoisotopic (exact) mass is 715 g/mol. The Labute approximate surface area is 315 Å². The van der Waals surface area contributed by atoms with Gasteiger partial charge in [0.2, 0.25) is 0 Å². The maximum Gasteiger partial charge on any atom is 0.261 e. The molecule has 2 aromatic rings. The fourth-order valence-corrected chi connectivity index (χ4v) is 8.31. The van der Waals surface area contributed by atoms with Crippen LogP contribution in [0.25, 0.3) is 10.8 Å². The molecule has 0 bridgehead atoms. The fraction of sp³-hybridized carbons (Fsp3) is 0.696. The van der Waals surface area contributed by atoms with Crippen LogP contribution < -0.4 is 0 Å². The number of rotatable bonds is 30. The van der Waals surface area contributed by atoms with E-state index in [0.29, 0.717) is 46.1 Å². The van der Waals surface area contributed by atoms with Gasteiger partial charge in [0, 0.05) is 46.1 Å². The van der Waals surface area contributed by atoms with Crippen LogP contribution in [0.15, 0.2) is 24.3 Å². The molecular formula is C46H70N2O4. The van der Waals surface area contributed by atoms with Gasteiger partial charge < -0.3 is 0 Å². The summed E-state index contributed by atoms with van der Waals surface area (Å²) in [7, 11) is 0. The Bertz CT molecular complexity index is 1250. The molecule has 288 valence electrons. The first-order valence-corrected chi connectivity index (χ1v) is 21.8. The van der Waals surface area contributed by atoms with Crippen molar-refractivity contribution in [2.45, 2.75) is 194 Å². The van der Waals surface area contributed by atoms with Gasteiger partial charge in [0.05, 0.1) is 0 Å². The molecule has 2 aromatic carbocycles. The molecule has 0 saturated carbocycles. The predicted molar refractivity (Wildman–Crippen MR) is 215 cm³/mol. The van der Waals surface area contributed by atoms with E-state index in [1.165, 1.54) is 151 Å². The van der Waals surface area contributed by atoms with Crippen molar-refractivity contribution in [2.75, 3.05) is 13.1 Å². The third kappa shape index (κ3) is 12.0. The highest BCUT2D eigenvalue weighted by molar-refractivity contribution is 6.33. The van der Waals surface area contributed by atoms with Crippen LogP contribution in [0.3, 0.4) is 0 Å². The summed E-state index contributed by atoms with van der Waals surface area (Å²) in [6.07, 6.45) is 35.0. The van der Waals surface area contributed by atoms with Crippen molar-refractivity contribution >= 4 is 34.4 Å². The molecule has 0 N–H and O–H groups in total. The molecule has 0 spiro atoms. The largest absolute Gasteiger partial charge is 0.274 e. The SMILES string of the molecule is CCCCCCCCCCCCCCCCN1C(=O)c2ccc3c4c(ccc(c24)C1=O)C(=O)N(CCCCCCCCCCCCCCCC)C3=O. The Morgan fingerprint density at radius 3 is 0.712 bits per heavy atom. The van der Waals surface area contributed by atoms with Crippen molar-refractivity contribution in [3.05, 3.63) is 46.5 Å². The summed E-state index contributed by atoms with van der Waals surface area (Å²) in [5.41, 5.74) is 1.67. The molecule has 0 aliphatic carbocycles. The Hall–Kier alpha value is -3.02. The second kappa shape index (κ2) is 23.6. The van der Waals surface area contributed by atoms with Gasteiger partial charge in [-0.1, -0.05) is 181 Å². The van der Waals surface area contributed by atoms with E-state index in [4.69, 9.17) is 0 Å². The van der Waals surface area contributed by atoms with E-state index < -0.39 is 0 Å². The van der Waals surface area contributed by atoms with E-state index >= 15 is 0 Å². The molecule has 0 aromatic heterocycles. The summed E-state index contributed by atoms with van der Waals surface area (Å²) >= 11 is 0. The maximum absolute atomic E-state index is 13.6. The fourth-order valence-electron chi connectivity index (χ4n) is 8.31. The van der Waals surface area contributed by atoms with Crippen molar-refractivity contribution in [2.24, 2.45) is 0 Å². The summed E-state index contributed by atoms with van der Waals surface area (Å²) in [5.74, 6) is -1.28. The molecule has 0 fully saturated rings. The highest BCUT2D eigenvalue weighted by Crippen LogP contribution is 2.38. The molecule has 2 aliphatic heterocycles. The van der Waals surface area contributed by atoms with Crippen LogP contribution in [0.1, 0.15) is 235 Å². The normalized spacial score (nSPS) is 14.0. The highest BCUT2D eigenvalue weighted by atomic mass is 16.2. The molecule has 0 radical (unpaired) electrons. The van der Waals surface area contributed by atoms with Gasteiger partial charge in [-0.05, 0) is 37.1 Å². The van der Waals surface area contributed by atoms with Gasteiger partial charge in [0.1, 0.15) is 0 Å². The Morgan fingerprint density at radius 2 is 0.500 bits per heavy atom. The van der Waals surface area contributed by atoms with Crippen LogP contribution in [0.4, 0.5) is 0 Å². The van der Waals surface area contributed by atoms with Crippen LogP contribution in [0, 0.1) is 0 Å². The van der Waals surface area contributed by atoms with E-state index in [0.717, 1.165) is 38.5 Å². The smallest absolute Gasteiger partial charge is 0.261 e. The van der Waals surface area contributed by atoms with Gasteiger partial charge in [-0.25, -0.2) is 0 Å². The lowest BCUT2D eigenvalue weighted by Gasteiger charge is -2.32. The summed E-state index contributed by atoms with van der Waals surface area (Å²) in [5, 5.41) is 0.945. The molecule has 2 heterocycles. The summed E-state index contributed by atoms with van der Waals surface area (Å²) < 4.78 is 0. The number of carbonyl (C=O) groups is 4. The topological polar surface area (TPSA) is 74.8 Å². The van der Waals surface area contributed by atoms with Crippen LogP contribution in [0.2, 0.25) is 0 Å². The molecule has 0 saturated heterocycles. The molecule has 4 amide bonds. The molecule has 2 aliphatic rings. The van der Waals surface area contributed by atoms with E-state index in [9.17, 15) is 19.2 Å². The molecule has 4 rings (SSSR count). The van der Waals surface area contributed by atoms with Crippen molar-refractivity contribution in [3.8, 4) is 0 Å². The minimum atomic E-state index is -0.319. The quantitative estimate of drug-likeness (QED) is 0.0596. The van der Waals surface area contributed by atoms with Crippen molar-refractivity contribution in [1.29, 1.82) is 0 Å². The zero-order valence-electron chi connectivity index (χ0n) is 33.1. The first-order chi connectivity index (χ1) is 25.5. The minimum Gasteiger partial charge on any atom is -0.274 e. The lowest BCUT2D eigenvalue weighted by molar-refractivity contribution is 0.0586. The zero-order chi connectivity index (χ0) is 37.0. The molecule has 52 heavy (non-hydrogen) atoms. The molecule has 0 unspecified atom stereocenters. The summed E-state index contributed by atoms with van der Waals surface area (Å²) in [4.78, 5) is 57.2. The van der Waals surface area contributed by atoms with Gasteiger partial charge in [-0.2, -0.15) is 0 Å². The Kier molecular flexibility index (Phi) is 18.9. The molecule has 6 nitrogen and oxygen atoms in total. The van der Waals surface area contributed by atoms with Crippen LogP contribution >= 0.6 is 0 Å². The first kappa shape index (κ1) is 41.7. The van der Waals surface area contributed by atoms with Crippen LogP contribution in [-0.4, -0.2) is 46.5 Å². The number of hydrogen-bond acceptors (Lipinski definition) is 4. The van der Waals surface area contributed by atoms with Crippen molar-refractivity contribution in [3.63, 3.8) is 0 Å². The third-order valence-corrected chi connectivity index (χ3v) is 11.5. The molecular weight excluding hydrogens is 645 g/mol. The average Bonchev–Trinajstić information content (AvgIpc) is 3.15. The number of hydrogen-bond donors (Lipinski definition) is 0. The number of imide groups is 2. The number of nitrogens with zero attached hydrogens (tertiary/aromatic N) is 2. The van der Waals surface area contributed by atoms with Crippen LogP contribution in [-0.2, 0) is 0 Å². The van der Waals surface area contributed by atoms with Crippen molar-refractivity contribution in [1.82, 2.24) is 9.80 Å². The lowest BCUT2D eigenvalue weighted by Crippen LogP contribution is -2.43. The Balaban J connectivity index is 1.17. The predicted octanol–water partition coefficient (Wildman–Crippen LogP) is 13.0. The second-order valence-corrected chi connectivity index (χ2v) is 15.8. The Morgan fingerprint density at radius 1 is 0.308 bits per heavy atom. The second-order valence-electron chi connectivity index (χ2n) is 15.8. The lowest BCUT2D eigenvalue weighted by atomic mass is 9.86. The van der Waals surface area contributed by atoms with Gasteiger partial charge in [-0.3, -0.25) is 29.0 Å². The van der Waals surface area contributed by atoms with E-state index in [1.807, 2.05) is 0 Å². The standard InChI is InChI=1S/C46H70N2O4/c1-3-5-7-9-11-13-15-17-19-21-23-25-27-29-35-47-43(49)37-31-33-39-42-40(34-32-38(41(37)42)44(47)50)46(52)48(45(39)51)36-30-28-26-24-22-20-18-16-14-12-10-8-6-4-2/h31-34H,3-30,35-36H2,1-2H3. The van der Waals surface area contributed by atoms with Crippen LogP contribution in [0.5, 0.6) is 0 Å². The minimum absolute atomic E-state index is 0.319. The number of unbranched alkanes of at least 4 members (excludes halogenated alkanes) is 26. The third-order valence-electron chi connectivity index (χ3n) is 11.5. The van der Waals surface area contributed by atoms with Gasteiger partial charge in [-0.15, -0.1) is 0 Å². The number of amides is 4. The van der Waals surface area contributed by atoms with Gasteiger partial charge in [0.15, 0.2) is 0 Å². The zero-order valence-corrected chi connectivity index (χ0v) is 33.1. The van der Waals surface area contributed by atoms with E-state index in [2.05, 4.69) is 13.8 Å². The molecule has 0 atom stereocenters.